The Morgan fingerprint density at radius 2 is 2.06 bits per heavy atom. The number of anilines is 1. The molecule has 35 heavy (non-hydrogen) atoms. The number of ether oxygens (including phenoxy) is 2. The zero-order valence-electron chi connectivity index (χ0n) is 19.9. The number of esters is 1. The van der Waals surface area contributed by atoms with Gasteiger partial charge in [-0.3, -0.25) is 4.79 Å². The molecule has 1 amide bonds. The maximum atomic E-state index is 12.8. The summed E-state index contributed by atoms with van der Waals surface area (Å²) in [4.78, 5) is 26.3. The highest BCUT2D eigenvalue weighted by Crippen LogP contribution is 2.38. The molecule has 3 aromatic rings. The van der Waals surface area contributed by atoms with Crippen molar-refractivity contribution in [1.82, 2.24) is 14.8 Å². The first-order valence-corrected chi connectivity index (χ1v) is 13.6. The molecular formula is C24H27ClN4O4S2. The Bertz CT molecular complexity index is 1240. The predicted octanol–water partition coefficient (Wildman–Crippen LogP) is 5.30. The third kappa shape index (κ3) is 5.82. The molecule has 0 unspecified atom stereocenters. The fourth-order valence-electron chi connectivity index (χ4n) is 4.03. The summed E-state index contributed by atoms with van der Waals surface area (Å²) in [6.07, 6.45) is 3.89. The van der Waals surface area contributed by atoms with Crippen LogP contribution in [0.25, 0.3) is 0 Å². The monoisotopic (exact) mass is 534 g/mol. The zero-order chi connectivity index (χ0) is 24.9. The molecule has 0 spiro atoms. The number of thiophene rings is 1. The van der Waals surface area contributed by atoms with Crippen molar-refractivity contribution in [1.29, 1.82) is 0 Å². The van der Waals surface area contributed by atoms with E-state index in [1.54, 1.807) is 6.07 Å². The lowest BCUT2D eigenvalue weighted by Gasteiger charge is -2.12. The zero-order valence-corrected chi connectivity index (χ0v) is 22.2. The highest BCUT2D eigenvalue weighted by Gasteiger charge is 2.27. The molecule has 0 bridgehead atoms. The number of aromatic nitrogens is 3. The van der Waals surface area contributed by atoms with E-state index in [4.69, 9.17) is 21.1 Å². The van der Waals surface area contributed by atoms with Gasteiger partial charge in [0.05, 0.1) is 18.4 Å². The first-order valence-electron chi connectivity index (χ1n) is 11.4. The van der Waals surface area contributed by atoms with Crippen LogP contribution in [-0.4, -0.2) is 39.5 Å². The van der Waals surface area contributed by atoms with Crippen molar-refractivity contribution < 1.29 is 19.1 Å². The number of amides is 1. The highest BCUT2D eigenvalue weighted by atomic mass is 35.5. The van der Waals surface area contributed by atoms with E-state index in [0.717, 1.165) is 47.4 Å². The Hall–Kier alpha value is -2.56. The van der Waals surface area contributed by atoms with Crippen LogP contribution >= 0.6 is 34.7 Å². The molecule has 1 aliphatic rings. The number of thioether (sulfide) groups is 1. The third-order valence-corrected chi connectivity index (χ3v) is 8.16. The number of nitrogens with zero attached hydrogens (tertiary/aromatic N) is 3. The number of aryl methyl sites for hydroxylation is 2. The van der Waals surface area contributed by atoms with Crippen LogP contribution in [0, 0.1) is 6.92 Å². The standard InChI is InChI=1S/C24H27ClN4O4S2/c1-4-29-19(12-33-17-10-9-15(25)11-14(17)2)27-28-24(29)34-13-20(30)26-22-21(23(31)32-3)16-7-5-6-8-18(16)35-22/h9-11H,4-8,12-13H2,1-3H3,(H,26,30). The number of halogens is 1. The Morgan fingerprint density at radius 1 is 1.26 bits per heavy atom. The first-order chi connectivity index (χ1) is 16.9. The Labute approximate surface area is 217 Å². The quantitative estimate of drug-likeness (QED) is 0.294. The minimum Gasteiger partial charge on any atom is -0.485 e. The second-order valence-corrected chi connectivity index (χ2v) is 10.6. The predicted molar refractivity (Wildman–Crippen MR) is 138 cm³/mol. The van der Waals surface area contributed by atoms with Gasteiger partial charge in [0.1, 0.15) is 17.4 Å². The third-order valence-electron chi connectivity index (χ3n) is 5.75. The second kappa shape index (κ2) is 11.5. The maximum absolute atomic E-state index is 12.8. The molecule has 0 radical (unpaired) electrons. The van der Waals surface area contributed by atoms with Crippen LogP contribution in [-0.2, 0) is 35.5 Å². The van der Waals surface area contributed by atoms with E-state index in [0.29, 0.717) is 33.1 Å². The summed E-state index contributed by atoms with van der Waals surface area (Å²) >= 11 is 8.78. The summed E-state index contributed by atoms with van der Waals surface area (Å²) in [5.41, 5.74) is 2.45. The van der Waals surface area contributed by atoms with E-state index in [2.05, 4.69) is 15.5 Å². The van der Waals surface area contributed by atoms with Crippen LogP contribution in [0.3, 0.4) is 0 Å². The van der Waals surface area contributed by atoms with E-state index < -0.39 is 5.97 Å². The number of rotatable bonds is 9. The molecule has 0 aliphatic heterocycles. The highest BCUT2D eigenvalue weighted by molar-refractivity contribution is 7.99. The van der Waals surface area contributed by atoms with E-state index in [-0.39, 0.29) is 18.3 Å². The van der Waals surface area contributed by atoms with E-state index in [1.807, 2.05) is 30.5 Å². The van der Waals surface area contributed by atoms with E-state index in [9.17, 15) is 9.59 Å². The fourth-order valence-corrected chi connectivity index (χ4v) is 6.37. The Morgan fingerprint density at radius 3 is 2.80 bits per heavy atom. The van der Waals surface area contributed by atoms with Crippen LogP contribution in [0.4, 0.5) is 5.00 Å². The van der Waals surface area contributed by atoms with Gasteiger partial charge in [-0.2, -0.15) is 0 Å². The van der Waals surface area contributed by atoms with Crippen molar-refractivity contribution in [2.75, 3.05) is 18.2 Å². The number of carbonyl (C=O) groups is 2. The van der Waals surface area contributed by atoms with E-state index in [1.165, 1.54) is 30.2 Å². The fraction of sp³-hybridized carbons (Fsp3) is 0.417. The number of carbonyl (C=O) groups excluding carboxylic acids is 2. The number of methoxy groups -OCH3 is 1. The van der Waals surface area contributed by atoms with Gasteiger partial charge in [0, 0.05) is 16.4 Å². The number of fused-ring (bicyclic) bond motifs is 1. The molecular weight excluding hydrogens is 508 g/mol. The number of hydrogen-bond acceptors (Lipinski definition) is 8. The summed E-state index contributed by atoms with van der Waals surface area (Å²) in [5.74, 6) is 0.924. The van der Waals surface area contributed by atoms with Gasteiger partial charge in [0.25, 0.3) is 0 Å². The topological polar surface area (TPSA) is 95.3 Å². The minimum atomic E-state index is -0.404. The second-order valence-electron chi connectivity index (χ2n) is 8.09. The molecule has 1 aromatic carbocycles. The van der Waals surface area contributed by atoms with Gasteiger partial charge in [-0.25, -0.2) is 4.79 Å². The van der Waals surface area contributed by atoms with Crippen molar-refractivity contribution in [3.05, 3.63) is 50.6 Å². The van der Waals surface area contributed by atoms with Gasteiger partial charge in [-0.05, 0) is 68.9 Å². The smallest absolute Gasteiger partial charge is 0.341 e. The molecule has 2 aromatic heterocycles. The van der Waals surface area contributed by atoms with Crippen molar-refractivity contribution in [3.8, 4) is 5.75 Å². The van der Waals surface area contributed by atoms with Crippen molar-refractivity contribution in [2.24, 2.45) is 0 Å². The van der Waals surface area contributed by atoms with Gasteiger partial charge in [-0.1, -0.05) is 23.4 Å². The Kier molecular flexibility index (Phi) is 8.35. The van der Waals surface area contributed by atoms with Gasteiger partial charge >= 0.3 is 5.97 Å². The van der Waals surface area contributed by atoms with Gasteiger partial charge < -0.3 is 19.4 Å². The van der Waals surface area contributed by atoms with Gasteiger partial charge in [0.15, 0.2) is 11.0 Å². The molecule has 0 saturated carbocycles. The molecule has 8 nitrogen and oxygen atoms in total. The molecule has 11 heteroatoms. The lowest BCUT2D eigenvalue weighted by Crippen LogP contribution is -2.17. The number of hydrogen-bond donors (Lipinski definition) is 1. The number of benzene rings is 1. The molecule has 186 valence electrons. The van der Waals surface area contributed by atoms with Gasteiger partial charge in [0.2, 0.25) is 5.91 Å². The first kappa shape index (κ1) is 25.5. The van der Waals surface area contributed by atoms with Crippen LogP contribution in [0.15, 0.2) is 23.4 Å². The molecule has 0 atom stereocenters. The summed E-state index contributed by atoms with van der Waals surface area (Å²) in [6, 6.07) is 5.45. The molecule has 1 N–H and O–H groups in total. The van der Waals surface area contributed by atoms with Crippen LogP contribution < -0.4 is 10.1 Å². The van der Waals surface area contributed by atoms with Crippen molar-refractivity contribution in [3.63, 3.8) is 0 Å². The average Bonchev–Trinajstić information content (AvgIpc) is 3.41. The lowest BCUT2D eigenvalue weighted by molar-refractivity contribution is -0.113. The van der Waals surface area contributed by atoms with Crippen molar-refractivity contribution in [2.45, 2.75) is 57.8 Å². The largest absolute Gasteiger partial charge is 0.485 e. The summed E-state index contributed by atoms with van der Waals surface area (Å²) in [7, 11) is 1.36. The van der Waals surface area contributed by atoms with E-state index >= 15 is 0 Å². The number of nitrogens with one attached hydrogen (secondary N) is 1. The Balaban J connectivity index is 1.40. The molecule has 4 rings (SSSR count). The molecule has 1 aliphatic carbocycles. The normalized spacial score (nSPS) is 12.8. The molecule has 2 heterocycles. The van der Waals surface area contributed by atoms with Crippen LogP contribution in [0.1, 0.15) is 52.0 Å². The van der Waals surface area contributed by atoms with Gasteiger partial charge in [-0.15, -0.1) is 21.5 Å². The molecule has 0 fully saturated rings. The lowest BCUT2D eigenvalue weighted by atomic mass is 9.95. The van der Waals surface area contributed by atoms with Crippen molar-refractivity contribution >= 4 is 51.6 Å². The maximum Gasteiger partial charge on any atom is 0.341 e. The summed E-state index contributed by atoms with van der Waals surface area (Å²) in [6.45, 7) is 4.81. The summed E-state index contributed by atoms with van der Waals surface area (Å²) in [5, 5.41) is 13.3. The SMILES string of the molecule is CCn1c(COc2ccc(Cl)cc2C)nnc1SCC(=O)Nc1sc2c(c1C(=O)OC)CCCC2. The average molecular weight is 535 g/mol. The van der Waals surface area contributed by atoms with Crippen LogP contribution in [0.5, 0.6) is 5.75 Å². The molecule has 0 saturated heterocycles. The summed E-state index contributed by atoms with van der Waals surface area (Å²) < 4.78 is 12.8. The minimum absolute atomic E-state index is 0.137. The van der Waals surface area contributed by atoms with Crippen LogP contribution in [0.2, 0.25) is 5.02 Å².